The van der Waals surface area contributed by atoms with Crippen LogP contribution in [0.25, 0.3) is 0 Å². The number of hydrogen-bond donors (Lipinski definition) is 1. The maximum atomic E-state index is 12.7. The van der Waals surface area contributed by atoms with E-state index in [9.17, 15) is 4.79 Å². The summed E-state index contributed by atoms with van der Waals surface area (Å²) < 4.78 is 1.79. The second-order valence-corrected chi connectivity index (χ2v) is 6.96. The first kappa shape index (κ1) is 16.5. The highest BCUT2D eigenvalue weighted by Crippen LogP contribution is 2.40. The highest BCUT2D eigenvalue weighted by atomic mass is 16.1. The van der Waals surface area contributed by atoms with Crippen molar-refractivity contribution in [3.05, 3.63) is 83.4 Å². The van der Waals surface area contributed by atoms with Crippen LogP contribution >= 0.6 is 0 Å². The third kappa shape index (κ3) is 3.82. The molecular weight excluding hydrogens is 324 g/mol. The number of pyridine rings is 1. The first-order valence-electron chi connectivity index (χ1n) is 8.99. The van der Waals surface area contributed by atoms with E-state index < -0.39 is 0 Å². The molecule has 0 aliphatic heterocycles. The third-order valence-corrected chi connectivity index (χ3v) is 4.72. The highest BCUT2D eigenvalue weighted by Gasteiger charge is 2.34. The number of aromatic nitrogens is 3. The summed E-state index contributed by atoms with van der Waals surface area (Å²) in [7, 11) is 0. The quantitative estimate of drug-likeness (QED) is 0.743. The van der Waals surface area contributed by atoms with Crippen molar-refractivity contribution >= 4 is 5.91 Å². The highest BCUT2D eigenvalue weighted by molar-refractivity contribution is 5.94. The lowest BCUT2D eigenvalue weighted by atomic mass is 10.1. The van der Waals surface area contributed by atoms with Gasteiger partial charge in [0.25, 0.3) is 5.91 Å². The first-order valence-corrected chi connectivity index (χ1v) is 8.99. The summed E-state index contributed by atoms with van der Waals surface area (Å²) in [5.41, 5.74) is 3.84. The second-order valence-electron chi connectivity index (χ2n) is 6.96. The summed E-state index contributed by atoms with van der Waals surface area (Å²) in [6.07, 6.45) is 7.51. The zero-order valence-electron chi connectivity index (χ0n) is 14.8. The number of amides is 1. The summed E-state index contributed by atoms with van der Waals surface area (Å²) in [5.74, 6) is 0.386. The molecular formula is C21H22N4O. The van der Waals surface area contributed by atoms with E-state index in [-0.39, 0.29) is 11.9 Å². The molecule has 1 aliphatic carbocycles. The summed E-state index contributed by atoms with van der Waals surface area (Å²) in [6.45, 7) is 2.70. The monoisotopic (exact) mass is 346 g/mol. The number of carbonyl (C=O) groups excluding carboxylic acids is 1. The van der Waals surface area contributed by atoms with Gasteiger partial charge in [0.2, 0.25) is 0 Å². The molecule has 1 aromatic carbocycles. The van der Waals surface area contributed by atoms with Crippen molar-refractivity contribution in [3.8, 4) is 0 Å². The average Bonchev–Trinajstić information content (AvgIpc) is 3.39. The van der Waals surface area contributed by atoms with Crippen LogP contribution in [0.3, 0.4) is 0 Å². The molecule has 3 aromatic rings. The minimum Gasteiger partial charge on any atom is -0.343 e. The Morgan fingerprint density at radius 2 is 2.08 bits per heavy atom. The Morgan fingerprint density at radius 3 is 2.81 bits per heavy atom. The van der Waals surface area contributed by atoms with Crippen LogP contribution in [0.2, 0.25) is 0 Å². The molecule has 1 saturated carbocycles. The van der Waals surface area contributed by atoms with Crippen LogP contribution < -0.4 is 5.32 Å². The van der Waals surface area contributed by atoms with E-state index in [0.717, 1.165) is 29.7 Å². The molecule has 1 aliphatic rings. The largest absolute Gasteiger partial charge is 0.343 e. The minimum atomic E-state index is -0.0930. The molecule has 0 bridgehead atoms. The molecule has 1 fully saturated rings. The van der Waals surface area contributed by atoms with Crippen LogP contribution in [-0.2, 0) is 6.54 Å². The molecule has 1 atom stereocenters. The van der Waals surface area contributed by atoms with E-state index in [2.05, 4.69) is 21.5 Å². The van der Waals surface area contributed by atoms with Crippen LogP contribution in [0.1, 0.15) is 46.1 Å². The van der Waals surface area contributed by atoms with Gasteiger partial charge in [0.1, 0.15) is 0 Å². The normalized spacial score (nSPS) is 14.8. The second kappa shape index (κ2) is 7.12. The first-order chi connectivity index (χ1) is 12.7. The lowest BCUT2D eigenvalue weighted by molar-refractivity contribution is 0.0930. The SMILES string of the molecule is Cc1ccnc(C(NC(=O)c2cnn(Cc3ccccc3)c2)C2CC2)c1. The molecule has 0 spiro atoms. The predicted molar refractivity (Wildman–Crippen MR) is 99.7 cm³/mol. The topological polar surface area (TPSA) is 59.8 Å². The standard InChI is InChI=1S/C21H22N4O/c1-15-9-10-22-19(11-15)20(17-7-8-17)24-21(26)18-12-23-25(14-18)13-16-5-3-2-4-6-16/h2-6,9-12,14,17,20H,7-8,13H2,1H3,(H,24,26). The van der Waals surface area contributed by atoms with E-state index >= 15 is 0 Å². The molecule has 1 N–H and O–H groups in total. The van der Waals surface area contributed by atoms with Gasteiger partial charge >= 0.3 is 0 Å². The van der Waals surface area contributed by atoms with Crippen molar-refractivity contribution in [3.63, 3.8) is 0 Å². The maximum Gasteiger partial charge on any atom is 0.255 e. The van der Waals surface area contributed by atoms with Crippen molar-refractivity contribution in [2.75, 3.05) is 0 Å². The van der Waals surface area contributed by atoms with Gasteiger partial charge in [-0.3, -0.25) is 14.5 Å². The van der Waals surface area contributed by atoms with Crippen molar-refractivity contribution < 1.29 is 4.79 Å². The number of hydrogen-bond acceptors (Lipinski definition) is 3. The third-order valence-electron chi connectivity index (χ3n) is 4.72. The average molecular weight is 346 g/mol. The lowest BCUT2D eigenvalue weighted by Crippen LogP contribution is -2.30. The van der Waals surface area contributed by atoms with Crippen molar-refractivity contribution in [1.29, 1.82) is 0 Å². The van der Waals surface area contributed by atoms with Gasteiger partial charge in [-0.05, 0) is 48.9 Å². The van der Waals surface area contributed by atoms with Crippen LogP contribution in [0.4, 0.5) is 0 Å². The Labute approximate surface area is 153 Å². The molecule has 5 nitrogen and oxygen atoms in total. The van der Waals surface area contributed by atoms with E-state index in [4.69, 9.17) is 0 Å². The maximum absolute atomic E-state index is 12.7. The number of aryl methyl sites for hydroxylation is 1. The Morgan fingerprint density at radius 1 is 1.27 bits per heavy atom. The van der Waals surface area contributed by atoms with Gasteiger partial charge in [-0.1, -0.05) is 30.3 Å². The molecule has 4 rings (SSSR count). The number of nitrogens with one attached hydrogen (secondary N) is 1. The van der Waals surface area contributed by atoms with Gasteiger partial charge in [0.05, 0.1) is 30.0 Å². The number of nitrogens with zero attached hydrogens (tertiary/aromatic N) is 3. The molecule has 0 saturated heterocycles. The molecule has 0 radical (unpaired) electrons. The van der Waals surface area contributed by atoms with Gasteiger partial charge in [-0.25, -0.2) is 0 Å². The smallest absolute Gasteiger partial charge is 0.255 e. The summed E-state index contributed by atoms with van der Waals surface area (Å²) in [5, 5.41) is 7.49. The Balaban J connectivity index is 1.47. The Hall–Kier alpha value is -2.95. The zero-order chi connectivity index (χ0) is 17.9. The van der Waals surface area contributed by atoms with Crippen LogP contribution in [0.15, 0.2) is 61.1 Å². The predicted octanol–water partition coefficient (Wildman–Crippen LogP) is 3.52. The zero-order valence-corrected chi connectivity index (χ0v) is 14.8. The molecule has 5 heteroatoms. The van der Waals surface area contributed by atoms with Crippen molar-refractivity contribution in [2.45, 2.75) is 32.4 Å². The Bertz CT molecular complexity index is 899. The van der Waals surface area contributed by atoms with E-state index in [1.54, 1.807) is 17.1 Å². The molecule has 1 unspecified atom stereocenters. The molecule has 26 heavy (non-hydrogen) atoms. The fourth-order valence-corrected chi connectivity index (χ4v) is 3.15. The molecule has 2 aromatic heterocycles. The number of carbonyl (C=O) groups is 1. The fourth-order valence-electron chi connectivity index (χ4n) is 3.15. The van der Waals surface area contributed by atoms with Crippen LogP contribution in [0.5, 0.6) is 0 Å². The van der Waals surface area contributed by atoms with E-state index in [1.807, 2.05) is 49.5 Å². The van der Waals surface area contributed by atoms with Gasteiger partial charge in [-0.2, -0.15) is 5.10 Å². The minimum absolute atomic E-state index is 0.0279. The summed E-state index contributed by atoms with van der Waals surface area (Å²) in [6, 6.07) is 14.1. The fraction of sp³-hybridized carbons (Fsp3) is 0.286. The van der Waals surface area contributed by atoms with Gasteiger partial charge in [-0.15, -0.1) is 0 Å². The van der Waals surface area contributed by atoms with Crippen molar-refractivity contribution in [1.82, 2.24) is 20.1 Å². The van der Waals surface area contributed by atoms with Gasteiger partial charge in [0.15, 0.2) is 0 Å². The van der Waals surface area contributed by atoms with Crippen LogP contribution in [0, 0.1) is 12.8 Å². The number of benzene rings is 1. The van der Waals surface area contributed by atoms with Gasteiger partial charge in [0, 0.05) is 12.4 Å². The molecule has 2 heterocycles. The summed E-state index contributed by atoms with van der Waals surface area (Å²) in [4.78, 5) is 17.2. The van der Waals surface area contributed by atoms with Crippen molar-refractivity contribution in [2.24, 2.45) is 5.92 Å². The van der Waals surface area contributed by atoms with E-state index in [0.29, 0.717) is 18.0 Å². The Kier molecular flexibility index (Phi) is 4.52. The van der Waals surface area contributed by atoms with E-state index in [1.165, 1.54) is 0 Å². The molecule has 1 amide bonds. The molecule has 132 valence electrons. The van der Waals surface area contributed by atoms with Crippen LogP contribution in [-0.4, -0.2) is 20.7 Å². The summed E-state index contributed by atoms with van der Waals surface area (Å²) >= 11 is 0. The number of rotatable bonds is 6. The van der Waals surface area contributed by atoms with Gasteiger partial charge < -0.3 is 5.32 Å². The lowest BCUT2D eigenvalue weighted by Gasteiger charge is -2.17.